The highest BCUT2D eigenvalue weighted by atomic mass is 32.1. The Labute approximate surface area is 124 Å². The Morgan fingerprint density at radius 1 is 1.57 bits per heavy atom. The number of nitro benzene ring substituents is 1. The monoisotopic (exact) mass is 309 g/mol. The Morgan fingerprint density at radius 2 is 2.29 bits per heavy atom. The molecule has 1 atom stereocenters. The summed E-state index contributed by atoms with van der Waals surface area (Å²) >= 11 is 1.30. The van der Waals surface area contributed by atoms with Gasteiger partial charge in [-0.15, -0.1) is 11.3 Å². The Morgan fingerprint density at radius 3 is 2.86 bits per heavy atom. The summed E-state index contributed by atoms with van der Waals surface area (Å²) in [5, 5.41) is 23.5. The molecule has 0 spiro atoms. The molecule has 0 radical (unpaired) electrons. The molecule has 2 rings (SSSR count). The summed E-state index contributed by atoms with van der Waals surface area (Å²) in [6.45, 7) is 3.38. The van der Waals surface area contributed by atoms with Gasteiger partial charge in [-0.2, -0.15) is 0 Å². The number of benzene rings is 1. The number of nitrogens with zero attached hydrogens (tertiary/aromatic N) is 2. The van der Waals surface area contributed by atoms with E-state index >= 15 is 0 Å². The Balaban J connectivity index is 2.53. The highest BCUT2D eigenvalue weighted by molar-refractivity contribution is 7.16. The number of carboxylic acid groups (broad SMARTS) is 1. The molecule has 0 saturated carbocycles. The van der Waals surface area contributed by atoms with Crippen LogP contribution in [-0.4, -0.2) is 26.5 Å². The van der Waals surface area contributed by atoms with E-state index in [4.69, 9.17) is 0 Å². The molecule has 1 unspecified atom stereocenters. The van der Waals surface area contributed by atoms with E-state index in [1.807, 2.05) is 6.92 Å². The Kier molecular flexibility index (Phi) is 4.08. The second-order valence-corrected chi connectivity index (χ2v) is 5.82. The maximum atomic E-state index is 11.5. The molecule has 0 fully saturated rings. The third kappa shape index (κ3) is 2.80. The lowest BCUT2D eigenvalue weighted by Gasteiger charge is -2.26. The summed E-state index contributed by atoms with van der Waals surface area (Å²) in [4.78, 5) is 26.3. The van der Waals surface area contributed by atoms with Crippen molar-refractivity contribution in [2.75, 3.05) is 5.32 Å². The maximum Gasteiger partial charge on any atom is 0.329 e. The van der Waals surface area contributed by atoms with E-state index in [-0.39, 0.29) is 16.9 Å². The zero-order chi connectivity index (χ0) is 15.6. The number of hydrogen-bond acceptors (Lipinski definition) is 6. The summed E-state index contributed by atoms with van der Waals surface area (Å²) < 4.78 is 0.694. The van der Waals surface area contributed by atoms with Crippen molar-refractivity contribution in [3.8, 4) is 0 Å². The maximum absolute atomic E-state index is 11.5. The van der Waals surface area contributed by atoms with E-state index in [2.05, 4.69) is 10.3 Å². The van der Waals surface area contributed by atoms with Crippen molar-refractivity contribution in [2.45, 2.75) is 32.2 Å². The summed E-state index contributed by atoms with van der Waals surface area (Å²) in [5.41, 5.74) is 0.543. The van der Waals surface area contributed by atoms with Crippen LogP contribution >= 0.6 is 11.3 Å². The smallest absolute Gasteiger partial charge is 0.329 e. The normalized spacial score (nSPS) is 13.8. The van der Waals surface area contributed by atoms with Crippen LogP contribution in [0.2, 0.25) is 0 Å². The van der Waals surface area contributed by atoms with E-state index in [0.717, 1.165) is 0 Å². The van der Waals surface area contributed by atoms with Crippen LogP contribution in [0.4, 0.5) is 11.4 Å². The van der Waals surface area contributed by atoms with Gasteiger partial charge in [0.15, 0.2) is 5.52 Å². The van der Waals surface area contributed by atoms with Gasteiger partial charge in [-0.3, -0.25) is 10.1 Å². The first-order chi connectivity index (χ1) is 9.89. The van der Waals surface area contributed by atoms with Crippen LogP contribution in [0.15, 0.2) is 17.6 Å². The fraction of sp³-hybridized carbons (Fsp3) is 0.385. The number of nitro groups is 1. The van der Waals surface area contributed by atoms with Crippen molar-refractivity contribution in [3.05, 3.63) is 27.8 Å². The zero-order valence-corrected chi connectivity index (χ0v) is 12.4. The number of thiazole rings is 1. The lowest BCUT2D eigenvalue weighted by Crippen LogP contribution is -2.43. The van der Waals surface area contributed by atoms with E-state index in [1.54, 1.807) is 6.07 Å². The van der Waals surface area contributed by atoms with Crippen LogP contribution in [0.3, 0.4) is 0 Å². The van der Waals surface area contributed by atoms with Crippen LogP contribution in [0.5, 0.6) is 0 Å². The summed E-state index contributed by atoms with van der Waals surface area (Å²) in [7, 11) is 0. The lowest BCUT2D eigenvalue weighted by molar-refractivity contribution is -0.382. The fourth-order valence-corrected chi connectivity index (χ4v) is 2.90. The number of carboxylic acids is 1. The van der Waals surface area contributed by atoms with Crippen LogP contribution in [-0.2, 0) is 4.79 Å². The standard InChI is InChI=1S/C13H15N3O4S/c1-3-6-13(2,12(17)18)15-8-4-5-9-10(14-7-21-9)11(8)16(19)20/h4-5,7,15H,3,6H2,1-2H3,(H,17,18). The summed E-state index contributed by atoms with van der Waals surface area (Å²) in [6.07, 6.45) is 0.997. The average molecular weight is 309 g/mol. The van der Waals surface area contributed by atoms with E-state index in [0.29, 0.717) is 17.5 Å². The molecular weight excluding hydrogens is 294 g/mol. The van der Waals surface area contributed by atoms with Crippen molar-refractivity contribution < 1.29 is 14.8 Å². The van der Waals surface area contributed by atoms with Gasteiger partial charge in [-0.05, 0) is 25.5 Å². The van der Waals surface area contributed by atoms with Crippen molar-refractivity contribution in [2.24, 2.45) is 0 Å². The number of aromatic nitrogens is 1. The van der Waals surface area contributed by atoms with Crippen molar-refractivity contribution >= 4 is 38.9 Å². The highest BCUT2D eigenvalue weighted by Crippen LogP contribution is 2.36. The third-order valence-corrected chi connectivity index (χ3v) is 4.09. The quantitative estimate of drug-likeness (QED) is 0.626. The van der Waals surface area contributed by atoms with Crippen LogP contribution in [0.1, 0.15) is 26.7 Å². The molecule has 2 aromatic rings. The molecule has 0 bridgehead atoms. The van der Waals surface area contributed by atoms with Gasteiger partial charge in [0.2, 0.25) is 0 Å². The van der Waals surface area contributed by atoms with Crippen molar-refractivity contribution in [1.82, 2.24) is 4.98 Å². The zero-order valence-electron chi connectivity index (χ0n) is 11.6. The minimum Gasteiger partial charge on any atom is -0.480 e. The average Bonchev–Trinajstić information content (AvgIpc) is 2.86. The number of hydrogen-bond donors (Lipinski definition) is 2. The first kappa shape index (κ1) is 15.2. The van der Waals surface area contributed by atoms with Crippen LogP contribution in [0.25, 0.3) is 10.2 Å². The SMILES string of the molecule is CCCC(C)(Nc1ccc2scnc2c1[N+](=O)[O-])C(=O)O. The molecule has 1 heterocycles. The van der Waals surface area contributed by atoms with Gasteiger partial charge in [-0.1, -0.05) is 13.3 Å². The predicted octanol–water partition coefficient (Wildman–Crippen LogP) is 3.26. The van der Waals surface area contributed by atoms with Gasteiger partial charge < -0.3 is 10.4 Å². The number of carbonyl (C=O) groups is 1. The van der Waals surface area contributed by atoms with Crippen LogP contribution < -0.4 is 5.32 Å². The molecule has 0 amide bonds. The number of nitrogens with one attached hydrogen (secondary N) is 1. The molecule has 21 heavy (non-hydrogen) atoms. The fourth-order valence-electron chi connectivity index (χ4n) is 2.22. The lowest BCUT2D eigenvalue weighted by atomic mass is 9.95. The second kappa shape index (κ2) is 5.65. The van der Waals surface area contributed by atoms with Gasteiger partial charge in [-0.25, -0.2) is 9.78 Å². The molecule has 112 valence electrons. The van der Waals surface area contributed by atoms with Gasteiger partial charge >= 0.3 is 11.7 Å². The van der Waals surface area contributed by atoms with Crippen molar-refractivity contribution in [3.63, 3.8) is 0 Å². The molecule has 7 nitrogen and oxygen atoms in total. The van der Waals surface area contributed by atoms with E-state index in [9.17, 15) is 20.0 Å². The molecule has 0 aliphatic rings. The minimum atomic E-state index is -1.26. The molecule has 2 N–H and O–H groups in total. The van der Waals surface area contributed by atoms with E-state index in [1.165, 1.54) is 29.8 Å². The number of anilines is 1. The Hall–Kier alpha value is -2.22. The minimum absolute atomic E-state index is 0.178. The molecule has 0 aliphatic carbocycles. The van der Waals surface area contributed by atoms with Gasteiger partial charge in [0.25, 0.3) is 0 Å². The Bertz CT molecular complexity index is 700. The van der Waals surface area contributed by atoms with Crippen molar-refractivity contribution in [1.29, 1.82) is 0 Å². The molecule has 1 aromatic heterocycles. The summed E-state index contributed by atoms with van der Waals surface area (Å²) in [6, 6.07) is 3.24. The third-order valence-electron chi connectivity index (χ3n) is 3.29. The first-order valence-electron chi connectivity index (χ1n) is 6.41. The number of aliphatic carboxylic acids is 1. The molecule has 8 heteroatoms. The van der Waals surface area contributed by atoms with E-state index < -0.39 is 16.4 Å². The highest BCUT2D eigenvalue weighted by Gasteiger charge is 2.34. The number of rotatable bonds is 6. The topological polar surface area (TPSA) is 105 Å². The molecular formula is C13H15N3O4S. The largest absolute Gasteiger partial charge is 0.480 e. The predicted molar refractivity (Wildman–Crippen MR) is 80.8 cm³/mol. The number of fused-ring (bicyclic) bond motifs is 1. The molecule has 1 aromatic carbocycles. The second-order valence-electron chi connectivity index (χ2n) is 4.93. The van der Waals surface area contributed by atoms with Crippen LogP contribution in [0, 0.1) is 10.1 Å². The first-order valence-corrected chi connectivity index (χ1v) is 7.29. The molecule has 0 saturated heterocycles. The van der Waals surface area contributed by atoms with Gasteiger partial charge in [0.1, 0.15) is 11.2 Å². The molecule has 0 aliphatic heterocycles. The van der Waals surface area contributed by atoms with Gasteiger partial charge in [0, 0.05) is 0 Å². The van der Waals surface area contributed by atoms with Gasteiger partial charge in [0.05, 0.1) is 15.1 Å². The summed E-state index contributed by atoms with van der Waals surface area (Å²) in [5.74, 6) is -1.04.